The maximum Gasteiger partial charge on any atom is 0.271 e. The topological polar surface area (TPSA) is 67.5 Å². The second-order valence-corrected chi connectivity index (χ2v) is 10.2. The molecule has 2 aromatic heterocycles. The summed E-state index contributed by atoms with van der Waals surface area (Å²) >= 11 is 0. The molecular formula is C27H33N3O3. The standard InChI is InChI=1S/C27H33N3O3/c1-18-9-11-21(12-10-18)28-26(32)27(3)17-29-22-13-14-33-24(22)15-23(29)25(31)30(27)16-19(2)20-7-5-4-6-8-20/h4-8,13-15,18-19,21H,9-12,16-17H2,1-3H3,(H,28,32)/t18?,19-,21?,27-/m1/s1. The molecule has 1 saturated carbocycles. The van der Waals surface area contributed by atoms with Crippen molar-refractivity contribution in [3.8, 4) is 0 Å². The van der Waals surface area contributed by atoms with E-state index in [2.05, 4.69) is 31.3 Å². The zero-order valence-corrected chi connectivity index (χ0v) is 19.7. The van der Waals surface area contributed by atoms with Crippen LogP contribution in [0.3, 0.4) is 0 Å². The zero-order valence-electron chi connectivity index (χ0n) is 19.7. The van der Waals surface area contributed by atoms with E-state index in [0.29, 0.717) is 30.3 Å². The number of fused-ring (bicyclic) bond motifs is 3. The van der Waals surface area contributed by atoms with Gasteiger partial charge in [-0.15, -0.1) is 0 Å². The number of carbonyl (C=O) groups excluding carboxylic acids is 2. The monoisotopic (exact) mass is 447 g/mol. The Morgan fingerprint density at radius 3 is 2.64 bits per heavy atom. The molecule has 5 rings (SSSR count). The molecule has 1 aliphatic heterocycles. The lowest BCUT2D eigenvalue weighted by Gasteiger charge is -2.45. The van der Waals surface area contributed by atoms with Gasteiger partial charge in [0.2, 0.25) is 5.91 Å². The average Bonchev–Trinajstić information content (AvgIpc) is 3.41. The molecule has 1 N–H and O–H groups in total. The number of hydrogen-bond donors (Lipinski definition) is 1. The molecule has 33 heavy (non-hydrogen) atoms. The van der Waals surface area contributed by atoms with Crippen LogP contribution in [0.1, 0.15) is 68.4 Å². The predicted molar refractivity (Wildman–Crippen MR) is 128 cm³/mol. The fourth-order valence-electron chi connectivity index (χ4n) is 5.47. The molecular weight excluding hydrogens is 414 g/mol. The summed E-state index contributed by atoms with van der Waals surface area (Å²) in [4.78, 5) is 29.4. The van der Waals surface area contributed by atoms with E-state index in [4.69, 9.17) is 4.42 Å². The molecule has 0 unspecified atom stereocenters. The third-order valence-corrected chi connectivity index (χ3v) is 7.71. The van der Waals surface area contributed by atoms with Gasteiger partial charge in [0.1, 0.15) is 11.2 Å². The molecule has 1 fully saturated rings. The summed E-state index contributed by atoms with van der Waals surface area (Å²) < 4.78 is 7.52. The Kier molecular flexibility index (Phi) is 5.55. The van der Waals surface area contributed by atoms with E-state index < -0.39 is 5.54 Å². The molecule has 2 atom stereocenters. The minimum Gasteiger partial charge on any atom is -0.463 e. The Balaban J connectivity index is 1.48. The van der Waals surface area contributed by atoms with Gasteiger partial charge in [0.05, 0.1) is 18.3 Å². The van der Waals surface area contributed by atoms with Crippen molar-refractivity contribution in [3.05, 3.63) is 60.0 Å². The molecule has 2 amide bonds. The van der Waals surface area contributed by atoms with Crippen LogP contribution in [0.5, 0.6) is 0 Å². The Bertz CT molecular complexity index is 1160. The molecule has 174 valence electrons. The van der Waals surface area contributed by atoms with Gasteiger partial charge in [-0.05, 0) is 50.0 Å². The summed E-state index contributed by atoms with van der Waals surface area (Å²) in [6, 6.07) is 14.0. The molecule has 2 aliphatic rings. The second kappa shape index (κ2) is 8.40. The van der Waals surface area contributed by atoms with Gasteiger partial charge in [0.25, 0.3) is 5.91 Å². The SMILES string of the molecule is CC1CCC(NC(=O)[C@@]2(C)Cn3c(cc4occc43)C(=O)N2C[C@@H](C)c2ccccc2)CC1. The predicted octanol–water partition coefficient (Wildman–Crippen LogP) is 4.95. The zero-order chi connectivity index (χ0) is 23.2. The third-order valence-electron chi connectivity index (χ3n) is 7.71. The van der Waals surface area contributed by atoms with Crippen molar-refractivity contribution in [1.82, 2.24) is 14.8 Å². The van der Waals surface area contributed by atoms with Gasteiger partial charge >= 0.3 is 0 Å². The third kappa shape index (κ3) is 3.85. The van der Waals surface area contributed by atoms with Gasteiger partial charge in [0, 0.05) is 24.7 Å². The van der Waals surface area contributed by atoms with E-state index in [9.17, 15) is 9.59 Å². The lowest BCUT2D eigenvalue weighted by molar-refractivity contribution is -0.134. The Labute approximate surface area is 194 Å². The van der Waals surface area contributed by atoms with E-state index in [0.717, 1.165) is 36.8 Å². The number of rotatable bonds is 5. The summed E-state index contributed by atoms with van der Waals surface area (Å²) in [6.07, 6.45) is 5.89. The van der Waals surface area contributed by atoms with Crippen molar-refractivity contribution in [2.75, 3.05) is 6.54 Å². The van der Waals surface area contributed by atoms with Crippen LogP contribution < -0.4 is 5.32 Å². The first-order chi connectivity index (χ1) is 15.9. The lowest BCUT2D eigenvalue weighted by atomic mass is 9.86. The quantitative estimate of drug-likeness (QED) is 0.602. The van der Waals surface area contributed by atoms with Crippen molar-refractivity contribution in [3.63, 3.8) is 0 Å². The smallest absolute Gasteiger partial charge is 0.271 e. The molecule has 0 saturated heterocycles. The number of benzene rings is 1. The highest BCUT2D eigenvalue weighted by molar-refractivity contribution is 6.03. The van der Waals surface area contributed by atoms with Crippen LogP contribution in [0.15, 0.2) is 53.1 Å². The normalized spacial score (nSPS) is 26.3. The van der Waals surface area contributed by atoms with Crippen molar-refractivity contribution in [2.45, 2.75) is 70.5 Å². The fourth-order valence-corrected chi connectivity index (χ4v) is 5.47. The second-order valence-electron chi connectivity index (χ2n) is 10.2. The van der Waals surface area contributed by atoms with Gasteiger partial charge in [0.15, 0.2) is 5.58 Å². The van der Waals surface area contributed by atoms with E-state index in [1.165, 1.54) is 0 Å². The van der Waals surface area contributed by atoms with Gasteiger partial charge in [-0.1, -0.05) is 44.2 Å². The van der Waals surface area contributed by atoms with Gasteiger partial charge in [-0.3, -0.25) is 9.59 Å². The van der Waals surface area contributed by atoms with E-state index in [1.54, 1.807) is 17.2 Å². The number of hydrogen-bond acceptors (Lipinski definition) is 3. The maximum atomic E-state index is 13.8. The highest BCUT2D eigenvalue weighted by Gasteiger charge is 2.48. The number of furan rings is 1. The fraction of sp³-hybridized carbons (Fsp3) is 0.481. The summed E-state index contributed by atoms with van der Waals surface area (Å²) in [6.45, 7) is 7.19. The highest BCUT2D eigenvalue weighted by Crippen LogP contribution is 2.35. The minimum absolute atomic E-state index is 0.0633. The van der Waals surface area contributed by atoms with Crippen LogP contribution >= 0.6 is 0 Å². The molecule has 0 radical (unpaired) electrons. The first-order valence-corrected chi connectivity index (χ1v) is 12.1. The van der Waals surface area contributed by atoms with Crippen LogP contribution in [-0.4, -0.2) is 39.4 Å². The molecule has 3 aromatic rings. The van der Waals surface area contributed by atoms with Crippen molar-refractivity contribution >= 4 is 22.9 Å². The van der Waals surface area contributed by atoms with Gasteiger partial charge in [-0.25, -0.2) is 0 Å². The van der Waals surface area contributed by atoms with E-state index in [-0.39, 0.29) is 23.8 Å². The first-order valence-electron chi connectivity index (χ1n) is 12.1. The largest absolute Gasteiger partial charge is 0.463 e. The number of amides is 2. The summed E-state index contributed by atoms with van der Waals surface area (Å²) in [5, 5.41) is 3.31. The van der Waals surface area contributed by atoms with Gasteiger partial charge < -0.3 is 19.2 Å². The van der Waals surface area contributed by atoms with E-state index >= 15 is 0 Å². The van der Waals surface area contributed by atoms with Crippen molar-refractivity contribution in [1.29, 1.82) is 0 Å². The van der Waals surface area contributed by atoms with Crippen LogP contribution in [0, 0.1) is 5.92 Å². The summed E-state index contributed by atoms with van der Waals surface area (Å²) in [5.41, 5.74) is 2.30. The maximum absolute atomic E-state index is 13.8. The van der Waals surface area contributed by atoms with Crippen molar-refractivity contribution < 1.29 is 14.0 Å². The van der Waals surface area contributed by atoms with Crippen LogP contribution in [0.2, 0.25) is 0 Å². The molecule has 0 bridgehead atoms. The van der Waals surface area contributed by atoms with Crippen molar-refractivity contribution in [2.24, 2.45) is 5.92 Å². The summed E-state index contributed by atoms with van der Waals surface area (Å²) in [7, 11) is 0. The number of nitrogens with one attached hydrogen (secondary N) is 1. The van der Waals surface area contributed by atoms with Crippen LogP contribution in [0.4, 0.5) is 0 Å². The highest BCUT2D eigenvalue weighted by atomic mass is 16.3. The molecule has 0 spiro atoms. The lowest BCUT2D eigenvalue weighted by Crippen LogP contribution is -2.65. The number of nitrogens with zero attached hydrogens (tertiary/aromatic N) is 2. The molecule has 1 aliphatic carbocycles. The van der Waals surface area contributed by atoms with Crippen LogP contribution in [-0.2, 0) is 11.3 Å². The summed E-state index contributed by atoms with van der Waals surface area (Å²) in [5.74, 6) is 0.629. The molecule has 6 nitrogen and oxygen atoms in total. The Morgan fingerprint density at radius 1 is 1.18 bits per heavy atom. The van der Waals surface area contributed by atoms with Gasteiger partial charge in [-0.2, -0.15) is 0 Å². The molecule has 3 heterocycles. The Morgan fingerprint density at radius 2 is 1.91 bits per heavy atom. The Hall–Kier alpha value is -3.02. The molecule has 6 heteroatoms. The number of carbonyl (C=O) groups is 2. The first kappa shape index (κ1) is 21.8. The van der Waals surface area contributed by atoms with Crippen LogP contribution in [0.25, 0.3) is 11.1 Å². The molecule has 1 aromatic carbocycles. The van der Waals surface area contributed by atoms with E-state index in [1.807, 2.05) is 35.8 Å². The number of aromatic nitrogens is 1. The minimum atomic E-state index is -0.987. The average molecular weight is 448 g/mol.